The van der Waals surface area contributed by atoms with Crippen molar-refractivity contribution in [3.8, 4) is 0 Å². The van der Waals surface area contributed by atoms with Gasteiger partial charge in [-0.2, -0.15) is 0 Å². The Labute approximate surface area is 561 Å². The molecule has 0 aliphatic heterocycles. The zero-order valence-electron chi connectivity index (χ0n) is 57.7. The minimum atomic E-state index is -1.04. The first-order valence-electron chi connectivity index (χ1n) is 34.5. The fraction of sp³-hybridized carbons (Fsp3) is 0.913. The summed E-state index contributed by atoms with van der Waals surface area (Å²) in [5.74, 6) is 0.762. The molecule has 0 saturated heterocycles. The Morgan fingerprint density at radius 2 is 0.468 bits per heavy atom. The Hall–Kier alpha value is -1.78. The Bertz CT molecular complexity index is 1580. The van der Waals surface area contributed by atoms with Gasteiger partial charge >= 0.3 is 0 Å². The van der Waals surface area contributed by atoms with Crippen LogP contribution >= 0.6 is 0 Å². The SMILES string of the molecule is CC(CCCC(CCCC(CCCC(CCCC(C)(COCC(O)CO)COCC(O)CO)CCCC(C)(COCC(O)CO)COCC(O)CO)COCc1ccccc1)CCCC(C)(COCC(O)CO)COCC(O)CO)(COCC(O)CO)COCC(O)CO. The molecule has 0 amide bonds. The average molecular weight is 1360 g/mol. The van der Waals surface area contributed by atoms with Crippen LogP contribution in [0.3, 0.4) is 0 Å². The van der Waals surface area contributed by atoms with Crippen LogP contribution < -0.4 is 0 Å². The number of hydrogen-bond donors (Lipinski definition) is 16. The summed E-state index contributed by atoms with van der Waals surface area (Å²) in [7, 11) is 0. The van der Waals surface area contributed by atoms with Gasteiger partial charge in [0.2, 0.25) is 0 Å². The van der Waals surface area contributed by atoms with Crippen molar-refractivity contribution >= 4 is 0 Å². The lowest BCUT2D eigenvalue weighted by Crippen LogP contribution is -2.33. The molecule has 1 aromatic carbocycles. The molecule has 558 valence electrons. The van der Waals surface area contributed by atoms with Crippen molar-refractivity contribution in [3.05, 3.63) is 35.9 Å². The van der Waals surface area contributed by atoms with Gasteiger partial charge in [-0.1, -0.05) is 135 Å². The first kappa shape index (κ1) is 90.2. The molecule has 0 radical (unpaired) electrons. The van der Waals surface area contributed by atoms with E-state index in [-0.39, 0.29) is 123 Å². The van der Waals surface area contributed by atoms with Gasteiger partial charge in [-0.15, -0.1) is 0 Å². The van der Waals surface area contributed by atoms with Crippen molar-refractivity contribution in [2.75, 3.05) is 165 Å². The van der Waals surface area contributed by atoms with Crippen LogP contribution in [0.2, 0.25) is 0 Å². The Morgan fingerprint density at radius 1 is 0.266 bits per heavy atom. The smallest absolute Gasteiger partial charge is 0.100 e. The van der Waals surface area contributed by atoms with Gasteiger partial charge in [-0.25, -0.2) is 0 Å². The molecule has 8 unspecified atom stereocenters. The van der Waals surface area contributed by atoms with E-state index >= 15 is 0 Å². The fourth-order valence-electron chi connectivity index (χ4n) is 11.5. The van der Waals surface area contributed by atoms with Gasteiger partial charge in [-0.3, -0.25) is 0 Å². The monoisotopic (exact) mass is 1360 g/mol. The molecule has 0 aliphatic carbocycles. The highest BCUT2D eigenvalue weighted by Crippen LogP contribution is 2.36. The largest absolute Gasteiger partial charge is 0.394 e. The summed E-state index contributed by atoms with van der Waals surface area (Å²) in [6.45, 7) is 6.82. The lowest BCUT2D eigenvalue weighted by molar-refractivity contribution is -0.0675. The molecule has 0 aromatic heterocycles. The van der Waals surface area contributed by atoms with E-state index in [2.05, 4.69) is 0 Å². The topological polar surface area (TPSA) is 407 Å². The highest BCUT2D eigenvalue weighted by Gasteiger charge is 2.32. The van der Waals surface area contributed by atoms with E-state index in [4.69, 9.17) is 42.6 Å². The third-order valence-corrected chi connectivity index (χ3v) is 17.3. The molecule has 1 aromatic rings. The summed E-state index contributed by atoms with van der Waals surface area (Å²) in [5.41, 5.74) is -1.05. The van der Waals surface area contributed by atoms with Crippen molar-refractivity contribution in [1.29, 1.82) is 0 Å². The van der Waals surface area contributed by atoms with E-state index in [0.717, 1.165) is 95.5 Å². The zero-order valence-corrected chi connectivity index (χ0v) is 57.7. The summed E-state index contributed by atoms with van der Waals surface area (Å²) in [5, 5.41) is 156. The van der Waals surface area contributed by atoms with Crippen LogP contribution in [0, 0.1) is 39.4 Å². The Kier molecular flexibility index (Phi) is 52.8. The van der Waals surface area contributed by atoms with E-state index in [9.17, 15) is 81.7 Å². The van der Waals surface area contributed by atoms with E-state index in [1.807, 2.05) is 58.0 Å². The first-order chi connectivity index (χ1) is 44.9. The molecule has 8 atom stereocenters. The third-order valence-electron chi connectivity index (χ3n) is 17.3. The van der Waals surface area contributed by atoms with Crippen molar-refractivity contribution in [1.82, 2.24) is 0 Å². The predicted molar refractivity (Wildman–Crippen MR) is 353 cm³/mol. The standard InChI is InChI=1S/C69H132O25/c1-66(46-87-38-58(78)28-70,47-88-39-59(79)29-71)24-10-20-54(21-11-25-67(2,48-89-40-60(80)30-72)49-90-41-61(81)31-73)16-8-18-57(37-86-36-56-14-6-5-7-15-56)19-9-17-55(22-12-26-68(3,50-91-42-62(82)32-74)51-92-43-63(83)33-75)23-13-27-69(4,52-93-44-64(84)34-76)53-94-45-65(85)35-77/h5-7,14-15,54-55,57-65,70-85H,8-13,16-53H2,1-4H3. The van der Waals surface area contributed by atoms with Crippen LogP contribution in [0.1, 0.15) is 149 Å². The van der Waals surface area contributed by atoms with Crippen LogP contribution in [-0.2, 0) is 49.2 Å². The molecular formula is C69H132O25. The maximum Gasteiger partial charge on any atom is 0.100 e. The molecule has 94 heavy (non-hydrogen) atoms. The van der Waals surface area contributed by atoms with Crippen molar-refractivity contribution < 1.29 is 124 Å². The average Bonchev–Trinajstić information content (AvgIpc) is 1.29. The highest BCUT2D eigenvalue weighted by atomic mass is 16.5. The van der Waals surface area contributed by atoms with Gasteiger partial charge in [0.15, 0.2) is 0 Å². The van der Waals surface area contributed by atoms with Gasteiger partial charge in [0.1, 0.15) is 48.8 Å². The predicted octanol–water partition coefficient (Wildman–Crippen LogP) is 2.06. The molecule has 25 heteroatoms. The number of ether oxygens (including phenoxy) is 9. The van der Waals surface area contributed by atoms with Gasteiger partial charge in [0.25, 0.3) is 0 Å². The number of rotatable bonds is 68. The van der Waals surface area contributed by atoms with E-state index < -0.39 is 123 Å². The lowest BCUT2D eigenvalue weighted by Gasteiger charge is -2.32. The van der Waals surface area contributed by atoms with Crippen molar-refractivity contribution in [2.24, 2.45) is 39.4 Å². The number of aliphatic hydroxyl groups excluding tert-OH is 16. The van der Waals surface area contributed by atoms with Crippen LogP contribution in [0.15, 0.2) is 30.3 Å². The zero-order chi connectivity index (χ0) is 69.9. The third kappa shape index (κ3) is 46.5. The van der Waals surface area contributed by atoms with Crippen LogP contribution in [0.4, 0.5) is 0 Å². The maximum absolute atomic E-state index is 10.1. The van der Waals surface area contributed by atoms with E-state index in [1.165, 1.54) is 0 Å². The van der Waals surface area contributed by atoms with Gasteiger partial charge in [0, 0.05) is 28.3 Å². The molecule has 0 fully saturated rings. The summed E-state index contributed by atoms with van der Waals surface area (Å²) >= 11 is 0. The summed E-state index contributed by atoms with van der Waals surface area (Å²) in [6, 6.07) is 10.1. The maximum atomic E-state index is 10.1. The van der Waals surface area contributed by atoms with Crippen LogP contribution in [-0.4, -0.2) is 296 Å². The second-order valence-corrected chi connectivity index (χ2v) is 28.1. The van der Waals surface area contributed by atoms with Crippen LogP contribution in [0.25, 0.3) is 0 Å². The summed E-state index contributed by atoms with van der Waals surface area (Å²) < 4.78 is 53.6. The number of hydrogen-bond acceptors (Lipinski definition) is 25. The minimum absolute atomic E-state index is 0.0629. The number of benzene rings is 1. The van der Waals surface area contributed by atoms with Crippen LogP contribution in [0.5, 0.6) is 0 Å². The van der Waals surface area contributed by atoms with Crippen molar-refractivity contribution in [2.45, 2.75) is 199 Å². The second-order valence-electron chi connectivity index (χ2n) is 28.1. The highest BCUT2D eigenvalue weighted by molar-refractivity contribution is 5.13. The molecule has 16 N–H and O–H groups in total. The van der Waals surface area contributed by atoms with Gasteiger partial charge in [-0.05, 0) is 61.8 Å². The van der Waals surface area contributed by atoms with Crippen molar-refractivity contribution in [3.63, 3.8) is 0 Å². The first-order valence-corrected chi connectivity index (χ1v) is 34.5. The molecule has 0 bridgehead atoms. The van der Waals surface area contributed by atoms with Gasteiger partial charge < -0.3 is 124 Å². The second kappa shape index (κ2) is 55.0. The number of aliphatic hydroxyl groups is 16. The molecule has 1 rings (SSSR count). The van der Waals surface area contributed by atoms with E-state index in [0.29, 0.717) is 38.9 Å². The van der Waals surface area contributed by atoms with Gasteiger partial charge in [0.05, 0.1) is 165 Å². The Balaban J connectivity index is 3.63. The summed E-state index contributed by atoms with van der Waals surface area (Å²) in [6.07, 6.45) is 6.46. The molecule has 0 spiro atoms. The minimum Gasteiger partial charge on any atom is -0.394 e. The fourth-order valence-corrected chi connectivity index (χ4v) is 11.5. The summed E-state index contributed by atoms with van der Waals surface area (Å²) in [4.78, 5) is 0. The molecule has 0 saturated carbocycles. The quantitative estimate of drug-likeness (QED) is 0.0444. The molecule has 0 heterocycles. The molecule has 25 nitrogen and oxygen atoms in total. The van der Waals surface area contributed by atoms with E-state index in [1.54, 1.807) is 0 Å². The lowest BCUT2D eigenvalue weighted by atomic mass is 9.80. The normalized spacial score (nSPS) is 18.4. The molecular weight excluding hydrogens is 1230 g/mol. The molecule has 0 aliphatic rings. The Morgan fingerprint density at radius 3 is 0.681 bits per heavy atom.